The fourth-order valence-corrected chi connectivity index (χ4v) is 2.91. The van der Waals surface area contributed by atoms with Crippen molar-refractivity contribution in [1.82, 2.24) is 30.0 Å². The van der Waals surface area contributed by atoms with Crippen molar-refractivity contribution < 1.29 is 0 Å². The van der Waals surface area contributed by atoms with E-state index in [0.29, 0.717) is 0 Å². The maximum atomic E-state index is 4.66. The number of aromatic nitrogens is 4. The molecule has 2 N–H and O–H groups in total. The molecule has 0 amide bonds. The van der Waals surface area contributed by atoms with Gasteiger partial charge >= 0.3 is 0 Å². The van der Waals surface area contributed by atoms with Crippen molar-refractivity contribution in [3.05, 3.63) is 35.7 Å². The number of rotatable bonds is 10. The summed E-state index contributed by atoms with van der Waals surface area (Å²) in [4.78, 5) is 8.92. The summed E-state index contributed by atoms with van der Waals surface area (Å²) in [5.74, 6) is 1.98. The third-order valence-corrected chi connectivity index (χ3v) is 4.29. The molecule has 0 atom stereocenters. The highest BCUT2D eigenvalue weighted by molar-refractivity contribution is 5.79. The summed E-state index contributed by atoms with van der Waals surface area (Å²) in [6, 6.07) is 2.11. The van der Waals surface area contributed by atoms with Gasteiger partial charge in [-0.2, -0.15) is 5.10 Å². The maximum absolute atomic E-state index is 4.66. The maximum Gasteiger partial charge on any atom is 0.191 e. The molecule has 0 aliphatic rings. The predicted octanol–water partition coefficient (Wildman–Crippen LogP) is 2.43. The van der Waals surface area contributed by atoms with Gasteiger partial charge in [0.15, 0.2) is 5.96 Å². The average Bonchev–Trinajstić information content (AvgIpc) is 3.15. The molecule has 0 aliphatic carbocycles. The van der Waals surface area contributed by atoms with Crippen molar-refractivity contribution in [2.24, 2.45) is 4.99 Å². The normalized spacial score (nSPS) is 11.8. The van der Waals surface area contributed by atoms with Gasteiger partial charge in [0.1, 0.15) is 5.82 Å². The van der Waals surface area contributed by atoms with Crippen LogP contribution in [0.4, 0.5) is 0 Å². The molecule has 2 aromatic heterocycles. The Morgan fingerprint density at radius 1 is 1.12 bits per heavy atom. The van der Waals surface area contributed by atoms with Crippen LogP contribution in [0.3, 0.4) is 0 Å². The lowest BCUT2D eigenvalue weighted by atomic mass is 10.3. The molecule has 0 radical (unpaired) electrons. The number of hydrogen-bond acceptors (Lipinski definition) is 3. The highest BCUT2D eigenvalue weighted by Crippen LogP contribution is 2.02. The van der Waals surface area contributed by atoms with Crippen molar-refractivity contribution in [1.29, 1.82) is 0 Å². The molecule has 0 saturated heterocycles. The lowest BCUT2D eigenvalue weighted by Crippen LogP contribution is -2.38. The minimum atomic E-state index is 0.794. The molecule has 0 bridgehead atoms. The van der Waals surface area contributed by atoms with Crippen LogP contribution < -0.4 is 10.6 Å². The summed E-state index contributed by atoms with van der Waals surface area (Å²) in [6.45, 7) is 12.8. The molecule has 2 aromatic rings. The second kappa shape index (κ2) is 10.6. The van der Waals surface area contributed by atoms with E-state index < -0.39 is 0 Å². The first kappa shape index (κ1) is 20.0. The monoisotopic (exact) mass is 359 g/mol. The minimum absolute atomic E-state index is 0.794. The highest BCUT2D eigenvalue weighted by atomic mass is 15.3. The van der Waals surface area contributed by atoms with Crippen LogP contribution in [0.5, 0.6) is 0 Å². The first-order valence-electron chi connectivity index (χ1n) is 9.61. The Morgan fingerprint density at radius 2 is 1.96 bits per heavy atom. The van der Waals surface area contributed by atoms with Crippen LogP contribution in [0.25, 0.3) is 0 Å². The van der Waals surface area contributed by atoms with Gasteiger partial charge in [-0.05, 0) is 53.0 Å². The molecular weight excluding hydrogens is 326 g/mol. The second-order valence-corrected chi connectivity index (χ2v) is 6.57. The molecule has 2 heterocycles. The number of nitrogens with one attached hydrogen (secondary N) is 2. The SMILES string of the molecule is CCNC(=NCCCn1nc(C)cc1C)NCCCCn1ccnc1C. The van der Waals surface area contributed by atoms with Crippen LogP contribution in [0.15, 0.2) is 23.5 Å². The van der Waals surface area contributed by atoms with Gasteiger partial charge in [-0.15, -0.1) is 0 Å². The average molecular weight is 360 g/mol. The Kier molecular flexibility index (Phi) is 8.18. The standard InChI is InChI=1S/C19H33N7/c1-5-20-19(22-9-6-7-12-25-14-11-21-18(25)4)23-10-8-13-26-17(3)15-16(2)24-26/h11,14-15H,5-10,12-13H2,1-4H3,(H2,20,22,23). The zero-order chi connectivity index (χ0) is 18.8. The zero-order valence-electron chi connectivity index (χ0n) is 16.6. The van der Waals surface area contributed by atoms with Crippen molar-refractivity contribution in [2.45, 2.75) is 60.0 Å². The van der Waals surface area contributed by atoms with Crippen LogP contribution >= 0.6 is 0 Å². The van der Waals surface area contributed by atoms with E-state index in [2.05, 4.69) is 54.9 Å². The highest BCUT2D eigenvalue weighted by Gasteiger charge is 2.01. The summed E-state index contributed by atoms with van der Waals surface area (Å²) >= 11 is 0. The summed E-state index contributed by atoms with van der Waals surface area (Å²) in [5.41, 5.74) is 2.29. The molecule has 144 valence electrons. The van der Waals surface area contributed by atoms with E-state index in [1.807, 2.05) is 26.2 Å². The van der Waals surface area contributed by atoms with E-state index in [-0.39, 0.29) is 0 Å². The number of aliphatic imine (C=N–C) groups is 1. The molecule has 0 fully saturated rings. The fraction of sp³-hybridized carbons (Fsp3) is 0.632. The lowest BCUT2D eigenvalue weighted by Gasteiger charge is -2.11. The number of nitrogens with zero attached hydrogens (tertiary/aromatic N) is 5. The van der Waals surface area contributed by atoms with Gasteiger partial charge < -0.3 is 15.2 Å². The largest absolute Gasteiger partial charge is 0.357 e. The molecule has 0 unspecified atom stereocenters. The van der Waals surface area contributed by atoms with E-state index in [9.17, 15) is 0 Å². The topological polar surface area (TPSA) is 72.1 Å². The van der Waals surface area contributed by atoms with Gasteiger partial charge in [0.05, 0.1) is 5.69 Å². The van der Waals surface area contributed by atoms with Crippen molar-refractivity contribution in [3.8, 4) is 0 Å². The molecule has 0 aliphatic heterocycles. The van der Waals surface area contributed by atoms with Gasteiger partial charge in [0.2, 0.25) is 0 Å². The molecule has 2 rings (SSSR count). The van der Waals surface area contributed by atoms with Crippen LogP contribution in [-0.4, -0.2) is 44.9 Å². The van der Waals surface area contributed by atoms with Crippen LogP contribution in [0.1, 0.15) is 43.4 Å². The van der Waals surface area contributed by atoms with Gasteiger partial charge in [-0.1, -0.05) is 0 Å². The van der Waals surface area contributed by atoms with Gasteiger partial charge in [0.25, 0.3) is 0 Å². The van der Waals surface area contributed by atoms with E-state index in [4.69, 9.17) is 0 Å². The van der Waals surface area contributed by atoms with E-state index in [1.165, 1.54) is 5.69 Å². The van der Waals surface area contributed by atoms with Gasteiger partial charge in [0, 0.05) is 50.8 Å². The number of aryl methyl sites for hydroxylation is 5. The Labute approximate surface area is 156 Å². The van der Waals surface area contributed by atoms with Crippen LogP contribution in [0, 0.1) is 20.8 Å². The number of imidazole rings is 1. The number of guanidine groups is 1. The Hall–Kier alpha value is -2.31. The third-order valence-electron chi connectivity index (χ3n) is 4.29. The summed E-state index contributed by atoms with van der Waals surface area (Å²) < 4.78 is 4.25. The smallest absolute Gasteiger partial charge is 0.191 e. The van der Waals surface area contributed by atoms with E-state index >= 15 is 0 Å². The molecule has 7 heteroatoms. The Bertz CT molecular complexity index is 684. The molecule has 0 saturated carbocycles. The minimum Gasteiger partial charge on any atom is -0.357 e. The van der Waals surface area contributed by atoms with Crippen molar-refractivity contribution in [2.75, 3.05) is 19.6 Å². The van der Waals surface area contributed by atoms with E-state index in [0.717, 1.165) is 69.5 Å². The molecular formula is C19H33N7. The van der Waals surface area contributed by atoms with Crippen molar-refractivity contribution >= 4 is 5.96 Å². The second-order valence-electron chi connectivity index (χ2n) is 6.57. The zero-order valence-corrected chi connectivity index (χ0v) is 16.6. The summed E-state index contributed by atoms with van der Waals surface area (Å²) in [5, 5.41) is 11.2. The van der Waals surface area contributed by atoms with Crippen LogP contribution in [0.2, 0.25) is 0 Å². The Morgan fingerprint density at radius 3 is 2.62 bits per heavy atom. The summed E-state index contributed by atoms with van der Waals surface area (Å²) in [7, 11) is 0. The number of hydrogen-bond donors (Lipinski definition) is 2. The Balaban J connectivity index is 1.65. The van der Waals surface area contributed by atoms with Gasteiger partial charge in [-0.25, -0.2) is 4.98 Å². The lowest BCUT2D eigenvalue weighted by molar-refractivity contribution is 0.565. The predicted molar refractivity (Wildman–Crippen MR) is 106 cm³/mol. The molecule has 7 nitrogen and oxygen atoms in total. The fourth-order valence-electron chi connectivity index (χ4n) is 2.91. The quantitative estimate of drug-likeness (QED) is 0.388. The molecule has 0 aromatic carbocycles. The molecule has 0 spiro atoms. The third kappa shape index (κ3) is 6.54. The summed E-state index contributed by atoms with van der Waals surface area (Å²) in [6.07, 6.45) is 7.11. The van der Waals surface area contributed by atoms with Crippen LogP contribution in [-0.2, 0) is 13.1 Å². The van der Waals surface area contributed by atoms with Gasteiger partial charge in [-0.3, -0.25) is 9.67 Å². The first-order valence-corrected chi connectivity index (χ1v) is 9.61. The molecule has 26 heavy (non-hydrogen) atoms. The van der Waals surface area contributed by atoms with Crippen molar-refractivity contribution in [3.63, 3.8) is 0 Å². The number of unbranched alkanes of at least 4 members (excludes halogenated alkanes) is 1. The first-order chi connectivity index (χ1) is 12.6. The van der Waals surface area contributed by atoms with E-state index in [1.54, 1.807) is 0 Å².